The van der Waals surface area contributed by atoms with E-state index in [4.69, 9.17) is 14.2 Å². The Hall–Kier alpha value is -1.95. The smallest absolute Gasteiger partial charge is 0.407 e. The van der Waals surface area contributed by atoms with E-state index in [1.807, 2.05) is 18.2 Å². The second-order valence-corrected chi connectivity index (χ2v) is 6.21. The van der Waals surface area contributed by atoms with Gasteiger partial charge in [0.2, 0.25) is 0 Å². The molecule has 22 heavy (non-hydrogen) atoms. The van der Waals surface area contributed by atoms with Gasteiger partial charge < -0.3 is 24.6 Å². The van der Waals surface area contributed by atoms with E-state index in [1.165, 1.54) is 0 Å². The summed E-state index contributed by atoms with van der Waals surface area (Å²) in [5, 5.41) is 12.1. The van der Waals surface area contributed by atoms with Crippen LogP contribution in [0.1, 0.15) is 26.3 Å². The summed E-state index contributed by atoms with van der Waals surface area (Å²) in [5.41, 5.74) is 0.375. The number of hydrogen-bond acceptors (Lipinski definition) is 5. The standard InChI is InChI=1S/C16H23NO5/c1-16(2,3)22-15(19)17-12(10-18)8-11-4-5-13-14(9-11)21-7-6-20-13/h4-5,9,12,18H,6-8,10H2,1-3H3,(H,17,19). The summed E-state index contributed by atoms with van der Waals surface area (Å²) >= 11 is 0. The highest BCUT2D eigenvalue weighted by Crippen LogP contribution is 2.31. The summed E-state index contributed by atoms with van der Waals surface area (Å²) in [6.07, 6.45) is -0.0593. The second kappa shape index (κ2) is 6.87. The van der Waals surface area contributed by atoms with Crippen LogP contribution in [0.25, 0.3) is 0 Å². The molecule has 0 aromatic heterocycles. The van der Waals surface area contributed by atoms with Crippen LogP contribution >= 0.6 is 0 Å². The minimum atomic E-state index is -0.568. The molecule has 0 bridgehead atoms. The monoisotopic (exact) mass is 309 g/mol. The molecule has 122 valence electrons. The van der Waals surface area contributed by atoms with Crippen molar-refractivity contribution in [2.75, 3.05) is 19.8 Å². The molecule has 2 rings (SSSR count). The van der Waals surface area contributed by atoms with Crippen LogP contribution in [-0.2, 0) is 11.2 Å². The van der Waals surface area contributed by atoms with Crippen LogP contribution in [0, 0.1) is 0 Å². The highest BCUT2D eigenvalue weighted by atomic mass is 16.6. The number of carbonyl (C=O) groups is 1. The number of rotatable bonds is 4. The quantitative estimate of drug-likeness (QED) is 0.888. The van der Waals surface area contributed by atoms with Crippen molar-refractivity contribution < 1.29 is 24.1 Å². The summed E-state index contributed by atoms with van der Waals surface area (Å²) in [6.45, 7) is 6.28. The number of fused-ring (bicyclic) bond motifs is 1. The molecular formula is C16H23NO5. The Labute approximate surface area is 130 Å². The molecule has 0 spiro atoms. The molecule has 2 N–H and O–H groups in total. The van der Waals surface area contributed by atoms with Crippen molar-refractivity contribution in [2.24, 2.45) is 0 Å². The molecule has 0 saturated carbocycles. The van der Waals surface area contributed by atoms with Gasteiger partial charge in [-0.2, -0.15) is 0 Å². The van der Waals surface area contributed by atoms with Crippen LogP contribution in [0.4, 0.5) is 4.79 Å². The van der Waals surface area contributed by atoms with Gasteiger partial charge in [0.25, 0.3) is 0 Å². The molecule has 1 aliphatic rings. The molecule has 1 amide bonds. The molecule has 1 aromatic rings. The number of alkyl carbamates (subject to hydrolysis) is 1. The van der Waals surface area contributed by atoms with Crippen LogP contribution < -0.4 is 14.8 Å². The van der Waals surface area contributed by atoms with Crippen molar-refractivity contribution in [3.8, 4) is 11.5 Å². The van der Waals surface area contributed by atoms with E-state index in [9.17, 15) is 9.90 Å². The fourth-order valence-electron chi connectivity index (χ4n) is 2.13. The van der Waals surface area contributed by atoms with Crippen LogP contribution in [-0.4, -0.2) is 42.7 Å². The molecule has 0 saturated heterocycles. The van der Waals surface area contributed by atoms with Crippen molar-refractivity contribution in [1.29, 1.82) is 0 Å². The minimum absolute atomic E-state index is 0.173. The first kappa shape index (κ1) is 16.4. The molecular weight excluding hydrogens is 286 g/mol. The first-order valence-electron chi connectivity index (χ1n) is 7.36. The Balaban J connectivity index is 1.96. The number of carbonyl (C=O) groups excluding carboxylic acids is 1. The summed E-state index contributed by atoms with van der Waals surface area (Å²) in [7, 11) is 0. The van der Waals surface area contributed by atoms with Gasteiger partial charge in [-0.15, -0.1) is 0 Å². The Morgan fingerprint density at radius 2 is 2.00 bits per heavy atom. The molecule has 6 heteroatoms. The highest BCUT2D eigenvalue weighted by molar-refractivity contribution is 5.68. The Kier molecular flexibility index (Phi) is 5.13. The van der Waals surface area contributed by atoms with E-state index >= 15 is 0 Å². The number of aliphatic hydroxyl groups excluding tert-OH is 1. The average molecular weight is 309 g/mol. The maximum atomic E-state index is 11.8. The normalized spacial score (nSPS) is 15.1. The van der Waals surface area contributed by atoms with Crippen molar-refractivity contribution in [3.05, 3.63) is 23.8 Å². The number of amides is 1. The van der Waals surface area contributed by atoms with Crippen LogP contribution in [0.2, 0.25) is 0 Å². The molecule has 1 heterocycles. The number of nitrogens with one attached hydrogen (secondary N) is 1. The van der Waals surface area contributed by atoms with Crippen molar-refractivity contribution >= 4 is 6.09 Å². The van der Waals surface area contributed by atoms with Crippen LogP contribution in [0.3, 0.4) is 0 Å². The van der Waals surface area contributed by atoms with Crippen molar-refractivity contribution in [2.45, 2.75) is 38.8 Å². The molecule has 1 unspecified atom stereocenters. The fourth-order valence-corrected chi connectivity index (χ4v) is 2.13. The lowest BCUT2D eigenvalue weighted by Gasteiger charge is -2.23. The number of benzene rings is 1. The van der Waals surface area contributed by atoms with Gasteiger partial charge in [-0.05, 0) is 44.9 Å². The second-order valence-electron chi connectivity index (χ2n) is 6.21. The van der Waals surface area contributed by atoms with Gasteiger partial charge in [-0.3, -0.25) is 0 Å². The SMILES string of the molecule is CC(C)(C)OC(=O)NC(CO)Cc1ccc2c(c1)OCCO2. The van der Waals surface area contributed by atoms with Gasteiger partial charge in [0, 0.05) is 0 Å². The molecule has 0 fully saturated rings. The third-order valence-electron chi connectivity index (χ3n) is 3.03. The molecule has 0 radical (unpaired) electrons. The van der Waals surface area contributed by atoms with Crippen LogP contribution in [0.15, 0.2) is 18.2 Å². The summed E-state index contributed by atoms with van der Waals surface area (Å²) in [4.78, 5) is 11.8. The predicted molar refractivity (Wildman–Crippen MR) is 81.4 cm³/mol. The van der Waals surface area contributed by atoms with Gasteiger partial charge in [-0.25, -0.2) is 4.79 Å². The molecule has 1 aliphatic heterocycles. The largest absolute Gasteiger partial charge is 0.486 e. The molecule has 1 aromatic carbocycles. The third-order valence-corrected chi connectivity index (χ3v) is 3.03. The van der Waals surface area contributed by atoms with Crippen molar-refractivity contribution in [3.63, 3.8) is 0 Å². The zero-order valence-corrected chi connectivity index (χ0v) is 13.2. The van der Waals surface area contributed by atoms with E-state index < -0.39 is 17.7 Å². The van der Waals surface area contributed by atoms with Crippen LogP contribution in [0.5, 0.6) is 11.5 Å². The summed E-state index contributed by atoms with van der Waals surface area (Å²) in [5.74, 6) is 1.41. The first-order chi connectivity index (χ1) is 10.4. The summed E-state index contributed by atoms with van der Waals surface area (Å²) < 4.78 is 16.2. The Morgan fingerprint density at radius 3 is 2.64 bits per heavy atom. The van der Waals surface area contributed by atoms with E-state index in [0.29, 0.717) is 25.4 Å². The average Bonchev–Trinajstić information content (AvgIpc) is 2.44. The number of ether oxygens (including phenoxy) is 3. The van der Waals surface area contributed by atoms with E-state index in [1.54, 1.807) is 20.8 Å². The van der Waals surface area contributed by atoms with Crippen molar-refractivity contribution in [1.82, 2.24) is 5.32 Å². The molecule has 1 atom stereocenters. The molecule has 6 nitrogen and oxygen atoms in total. The van der Waals surface area contributed by atoms with Gasteiger partial charge in [0.1, 0.15) is 18.8 Å². The third kappa shape index (κ3) is 4.80. The lowest BCUT2D eigenvalue weighted by Crippen LogP contribution is -2.42. The Bertz CT molecular complexity index is 524. The lowest BCUT2D eigenvalue weighted by molar-refractivity contribution is 0.0483. The number of aliphatic hydroxyl groups is 1. The van der Waals surface area contributed by atoms with E-state index in [0.717, 1.165) is 11.3 Å². The van der Waals surface area contributed by atoms with E-state index in [2.05, 4.69) is 5.32 Å². The predicted octanol–water partition coefficient (Wildman–Crippen LogP) is 1.89. The zero-order chi connectivity index (χ0) is 16.2. The number of hydrogen-bond donors (Lipinski definition) is 2. The maximum Gasteiger partial charge on any atom is 0.407 e. The van der Waals surface area contributed by atoms with Gasteiger partial charge in [0.05, 0.1) is 12.6 Å². The minimum Gasteiger partial charge on any atom is -0.486 e. The van der Waals surface area contributed by atoms with Gasteiger partial charge in [0.15, 0.2) is 11.5 Å². The van der Waals surface area contributed by atoms with E-state index in [-0.39, 0.29) is 6.61 Å². The molecule has 0 aliphatic carbocycles. The topological polar surface area (TPSA) is 77.0 Å². The maximum absolute atomic E-state index is 11.8. The lowest BCUT2D eigenvalue weighted by atomic mass is 10.1. The fraction of sp³-hybridized carbons (Fsp3) is 0.562. The zero-order valence-electron chi connectivity index (χ0n) is 13.2. The Morgan fingerprint density at radius 1 is 1.32 bits per heavy atom. The van der Waals surface area contributed by atoms with Gasteiger partial charge in [-0.1, -0.05) is 6.07 Å². The van der Waals surface area contributed by atoms with Gasteiger partial charge >= 0.3 is 6.09 Å². The highest BCUT2D eigenvalue weighted by Gasteiger charge is 2.20. The first-order valence-corrected chi connectivity index (χ1v) is 7.36. The summed E-state index contributed by atoms with van der Waals surface area (Å²) in [6, 6.07) is 5.18.